The van der Waals surface area contributed by atoms with Gasteiger partial charge in [-0.15, -0.1) is 0 Å². The van der Waals surface area contributed by atoms with Crippen LogP contribution in [0.5, 0.6) is 0 Å². The number of aromatic nitrogens is 1. The Morgan fingerprint density at radius 1 is 1.06 bits per heavy atom. The SMILES string of the molecule is FC(F)(F)c1cc2ccc(Cl)nc2cc1Cl. The summed E-state index contributed by atoms with van der Waals surface area (Å²) in [7, 11) is 0. The van der Waals surface area contributed by atoms with Crippen LogP contribution in [-0.4, -0.2) is 4.98 Å². The molecule has 0 bridgehead atoms. The van der Waals surface area contributed by atoms with E-state index in [2.05, 4.69) is 4.98 Å². The first-order valence-corrected chi connectivity index (χ1v) is 4.96. The lowest BCUT2D eigenvalue weighted by Crippen LogP contribution is -2.05. The maximum Gasteiger partial charge on any atom is 0.417 e. The molecule has 2 rings (SSSR count). The lowest BCUT2D eigenvalue weighted by atomic mass is 10.1. The van der Waals surface area contributed by atoms with Crippen molar-refractivity contribution in [3.63, 3.8) is 0 Å². The molecule has 0 N–H and O–H groups in total. The van der Waals surface area contributed by atoms with Crippen molar-refractivity contribution >= 4 is 34.1 Å². The van der Waals surface area contributed by atoms with Crippen molar-refractivity contribution < 1.29 is 13.2 Å². The van der Waals surface area contributed by atoms with Gasteiger partial charge in [-0.05, 0) is 24.3 Å². The molecular weight excluding hydrogens is 262 g/mol. The number of halogens is 5. The molecule has 0 unspecified atom stereocenters. The summed E-state index contributed by atoms with van der Waals surface area (Å²) in [5.41, 5.74) is -0.531. The number of hydrogen-bond donors (Lipinski definition) is 0. The second-order valence-corrected chi connectivity index (χ2v) is 3.95. The molecule has 16 heavy (non-hydrogen) atoms. The molecule has 1 heterocycles. The van der Waals surface area contributed by atoms with E-state index >= 15 is 0 Å². The highest BCUT2D eigenvalue weighted by atomic mass is 35.5. The zero-order valence-electron chi connectivity index (χ0n) is 7.65. The van der Waals surface area contributed by atoms with Crippen LogP contribution in [0, 0.1) is 0 Å². The van der Waals surface area contributed by atoms with Gasteiger partial charge < -0.3 is 0 Å². The van der Waals surface area contributed by atoms with Gasteiger partial charge in [-0.3, -0.25) is 0 Å². The Labute approximate surface area is 98.8 Å². The third kappa shape index (κ3) is 2.08. The van der Waals surface area contributed by atoms with Crippen LogP contribution in [-0.2, 0) is 6.18 Å². The number of nitrogens with zero attached hydrogens (tertiary/aromatic N) is 1. The molecule has 0 spiro atoms. The van der Waals surface area contributed by atoms with Gasteiger partial charge >= 0.3 is 6.18 Å². The molecule has 1 nitrogen and oxygen atoms in total. The topological polar surface area (TPSA) is 12.9 Å². The lowest BCUT2D eigenvalue weighted by molar-refractivity contribution is -0.137. The molecule has 1 aromatic carbocycles. The van der Waals surface area contributed by atoms with Crippen LogP contribution in [0.2, 0.25) is 10.2 Å². The number of benzene rings is 1. The molecule has 6 heteroatoms. The maximum atomic E-state index is 12.5. The fourth-order valence-corrected chi connectivity index (χ4v) is 1.76. The molecule has 2 aromatic rings. The Kier molecular flexibility index (Phi) is 2.72. The van der Waals surface area contributed by atoms with Crippen LogP contribution in [0.25, 0.3) is 10.9 Å². The molecule has 0 amide bonds. The van der Waals surface area contributed by atoms with Crippen molar-refractivity contribution in [1.29, 1.82) is 0 Å². The molecular formula is C10H4Cl2F3N. The quantitative estimate of drug-likeness (QED) is 0.637. The fourth-order valence-electron chi connectivity index (χ4n) is 1.34. The molecule has 0 saturated heterocycles. The van der Waals surface area contributed by atoms with Crippen molar-refractivity contribution in [2.75, 3.05) is 0 Å². The Hall–Kier alpha value is -1.00. The Balaban J connectivity index is 2.72. The molecule has 0 aliphatic heterocycles. The van der Waals surface area contributed by atoms with Gasteiger partial charge in [0.2, 0.25) is 0 Å². The molecule has 0 saturated carbocycles. The Morgan fingerprint density at radius 2 is 1.75 bits per heavy atom. The third-order valence-corrected chi connectivity index (χ3v) is 2.57. The second kappa shape index (κ2) is 3.79. The van der Waals surface area contributed by atoms with E-state index in [-0.39, 0.29) is 10.2 Å². The summed E-state index contributed by atoms with van der Waals surface area (Å²) in [6.07, 6.45) is -4.47. The van der Waals surface area contributed by atoms with E-state index < -0.39 is 11.7 Å². The summed E-state index contributed by atoms with van der Waals surface area (Å²) < 4.78 is 37.6. The van der Waals surface area contributed by atoms with Crippen LogP contribution in [0.15, 0.2) is 24.3 Å². The summed E-state index contributed by atoms with van der Waals surface area (Å²) in [6.45, 7) is 0. The van der Waals surface area contributed by atoms with Crippen LogP contribution >= 0.6 is 23.2 Å². The number of hydrogen-bond acceptors (Lipinski definition) is 1. The predicted octanol–water partition coefficient (Wildman–Crippen LogP) is 4.56. The van der Waals surface area contributed by atoms with Crippen molar-refractivity contribution in [3.05, 3.63) is 40.0 Å². The van der Waals surface area contributed by atoms with E-state index in [0.717, 1.165) is 12.1 Å². The number of pyridine rings is 1. The maximum absolute atomic E-state index is 12.5. The van der Waals surface area contributed by atoms with Crippen LogP contribution < -0.4 is 0 Å². The summed E-state index contributed by atoms with van der Waals surface area (Å²) >= 11 is 11.2. The fraction of sp³-hybridized carbons (Fsp3) is 0.100. The summed E-state index contributed by atoms with van der Waals surface area (Å²) in [4.78, 5) is 3.87. The summed E-state index contributed by atoms with van der Waals surface area (Å²) in [6, 6.07) is 5.01. The van der Waals surface area contributed by atoms with Gasteiger partial charge in [-0.2, -0.15) is 13.2 Å². The first kappa shape index (κ1) is 11.5. The van der Waals surface area contributed by atoms with Gasteiger partial charge in [0.1, 0.15) is 5.15 Å². The second-order valence-electron chi connectivity index (χ2n) is 3.16. The first-order valence-electron chi connectivity index (χ1n) is 4.21. The predicted molar refractivity (Wildman–Crippen MR) is 56.8 cm³/mol. The highest BCUT2D eigenvalue weighted by Crippen LogP contribution is 2.36. The van der Waals surface area contributed by atoms with E-state index in [9.17, 15) is 13.2 Å². The zero-order valence-corrected chi connectivity index (χ0v) is 9.16. The van der Waals surface area contributed by atoms with E-state index in [1.54, 1.807) is 0 Å². The summed E-state index contributed by atoms with van der Waals surface area (Å²) in [5, 5.41) is 0.180. The molecule has 1 aromatic heterocycles. The molecule has 0 fully saturated rings. The van der Waals surface area contributed by atoms with Crippen LogP contribution in [0.3, 0.4) is 0 Å². The van der Waals surface area contributed by atoms with Crippen LogP contribution in [0.4, 0.5) is 13.2 Å². The monoisotopic (exact) mass is 265 g/mol. The van der Waals surface area contributed by atoms with Crippen LogP contribution in [0.1, 0.15) is 5.56 Å². The van der Waals surface area contributed by atoms with Crippen molar-refractivity contribution in [2.24, 2.45) is 0 Å². The number of alkyl halides is 3. The molecule has 0 aliphatic carbocycles. The van der Waals surface area contributed by atoms with Gasteiger partial charge in [-0.1, -0.05) is 23.2 Å². The van der Waals surface area contributed by atoms with Crippen molar-refractivity contribution in [2.45, 2.75) is 6.18 Å². The van der Waals surface area contributed by atoms with E-state index in [0.29, 0.717) is 10.9 Å². The standard InChI is InChI=1S/C10H4Cl2F3N/c11-7-4-8-5(1-2-9(12)16-8)3-6(7)10(13,14)15/h1-4H. The zero-order chi connectivity index (χ0) is 11.9. The minimum atomic E-state index is -4.47. The first-order chi connectivity index (χ1) is 7.38. The van der Waals surface area contributed by atoms with E-state index in [1.165, 1.54) is 12.1 Å². The average Bonchev–Trinajstić information content (AvgIpc) is 2.14. The number of fused-ring (bicyclic) bond motifs is 1. The highest BCUT2D eigenvalue weighted by Gasteiger charge is 2.33. The van der Waals surface area contributed by atoms with E-state index in [4.69, 9.17) is 23.2 Å². The highest BCUT2D eigenvalue weighted by molar-refractivity contribution is 6.32. The minimum Gasteiger partial charge on any atom is -0.236 e. The minimum absolute atomic E-state index is 0.211. The molecule has 0 aliphatic rings. The van der Waals surface area contributed by atoms with E-state index in [1.807, 2.05) is 0 Å². The van der Waals surface area contributed by atoms with Crippen molar-refractivity contribution in [3.8, 4) is 0 Å². The third-order valence-electron chi connectivity index (χ3n) is 2.05. The normalized spacial score (nSPS) is 12.1. The smallest absolute Gasteiger partial charge is 0.236 e. The van der Waals surface area contributed by atoms with Gasteiger partial charge in [0.25, 0.3) is 0 Å². The summed E-state index contributed by atoms with van der Waals surface area (Å²) in [5.74, 6) is 0. The van der Waals surface area contributed by atoms with Gasteiger partial charge in [-0.25, -0.2) is 4.98 Å². The number of rotatable bonds is 0. The molecule has 0 atom stereocenters. The van der Waals surface area contributed by atoms with Crippen molar-refractivity contribution in [1.82, 2.24) is 4.98 Å². The average molecular weight is 266 g/mol. The molecule has 0 radical (unpaired) electrons. The Bertz CT molecular complexity index is 551. The lowest BCUT2D eigenvalue weighted by Gasteiger charge is -2.09. The largest absolute Gasteiger partial charge is 0.417 e. The van der Waals surface area contributed by atoms with Gasteiger partial charge in [0.15, 0.2) is 0 Å². The Morgan fingerprint density at radius 3 is 2.38 bits per heavy atom. The molecule has 84 valence electrons. The van der Waals surface area contributed by atoms with Gasteiger partial charge in [0, 0.05) is 5.39 Å². The van der Waals surface area contributed by atoms with Gasteiger partial charge in [0.05, 0.1) is 16.1 Å².